The van der Waals surface area contributed by atoms with Gasteiger partial charge < -0.3 is 15.2 Å². The minimum Gasteiger partial charge on any atom is -0.489 e. The van der Waals surface area contributed by atoms with Crippen molar-refractivity contribution in [3.63, 3.8) is 0 Å². The molecule has 108 valence electrons. The number of H-pyrrole nitrogens is 1. The number of rotatable bonds is 6. The number of nitrogens with two attached hydrogens (primary N) is 1. The second kappa shape index (κ2) is 6.28. The van der Waals surface area contributed by atoms with Crippen LogP contribution in [-0.2, 0) is 11.3 Å². The molecule has 0 atom stereocenters. The first-order valence-electron chi connectivity index (χ1n) is 7.20. The van der Waals surface area contributed by atoms with Crippen LogP contribution in [0.2, 0.25) is 1.41 Å². The molecule has 0 aliphatic heterocycles. The van der Waals surface area contributed by atoms with E-state index in [1.807, 2.05) is 30.3 Å². The second-order valence-electron chi connectivity index (χ2n) is 4.68. The van der Waals surface area contributed by atoms with E-state index in [4.69, 9.17) is 16.6 Å². The van der Waals surface area contributed by atoms with Crippen molar-refractivity contribution in [2.45, 2.75) is 6.61 Å². The summed E-state index contributed by atoms with van der Waals surface area (Å²) in [6, 6.07) is 13.5. The lowest BCUT2D eigenvalue weighted by atomic mass is 10.2. The van der Waals surface area contributed by atoms with Crippen LogP contribution in [0.1, 0.15) is 5.56 Å². The molecule has 1 heterocycles. The fourth-order valence-corrected chi connectivity index (χ4v) is 2.05. The van der Waals surface area contributed by atoms with E-state index in [1.165, 1.54) is 0 Å². The van der Waals surface area contributed by atoms with Crippen molar-refractivity contribution in [3.05, 3.63) is 54.2 Å². The summed E-state index contributed by atoms with van der Waals surface area (Å²) in [5.41, 5.74) is 8.28. The molecular formula is C16H17N3O2. The molecule has 0 fully saturated rings. The normalized spacial score (nSPS) is 11.5. The predicted molar refractivity (Wildman–Crippen MR) is 82.1 cm³/mol. The zero-order valence-electron chi connectivity index (χ0n) is 12.5. The van der Waals surface area contributed by atoms with Crippen molar-refractivity contribution in [2.24, 2.45) is 0 Å². The Morgan fingerprint density at radius 2 is 2.05 bits per heavy atom. The molecule has 3 aromatic rings. The number of nitrogens with one attached hydrogen (secondary N) is 1. The molecule has 0 aliphatic rings. The summed E-state index contributed by atoms with van der Waals surface area (Å²) >= 11 is 0. The molecule has 0 unspecified atom stereocenters. The molecule has 0 radical (unpaired) electrons. The standard InChI is InChI=1S/C16H17N3O2/c17-14-8-13-10-18-19-15(13)9-16(14)21-7-6-20-11-12-4-2-1-3-5-12/h1-5,8-10H,6-7,11,17H2,(H,18,19)/i/hD. The van der Waals surface area contributed by atoms with Crippen molar-refractivity contribution < 1.29 is 10.9 Å². The summed E-state index contributed by atoms with van der Waals surface area (Å²) < 4.78 is 18.6. The average Bonchev–Trinajstić information content (AvgIpc) is 2.87. The summed E-state index contributed by atoms with van der Waals surface area (Å²) in [5, 5.41) is 5.85. The second-order valence-corrected chi connectivity index (χ2v) is 4.68. The van der Waals surface area contributed by atoms with E-state index >= 15 is 0 Å². The van der Waals surface area contributed by atoms with E-state index in [2.05, 4.69) is 5.10 Å². The first-order chi connectivity index (χ1) is 10.7. The van der Waals surface area contributed by atoms with Gasteiger partial charge in [0, 0.05) is 17.6 Å². The van der Waals surface area contributed by atoms with Crippen LogP contribution in [0, 0.1) is 0 Å². The van der Waals surface area contributed by atoms with Crippen LogP contribution < -0.4 is 10.5 Å². The minimum atomic E-state index is 0.407. The molecule has 0 amide bonds. The highest BCUT2D eigenvalue weighted by Crippen LogP contribution is 2.26. The summed E-state index contributed by atoms with van der Waals surface area (Å²) in [7, 11) is 0. The molecule has 0 bridgehead atoms. The lowest BCUT2D eigenvalue weighted by Gasteiger charge is -2.09. The molecule has 3 rings (SSSR count). The van der Waals surface area contributed by atoms with E-state index in [-0.39, 0.29) is 0 Å². The number of benzene rings is 2. The number of fused-ring (bicyclic) bond motifs is 1. The van der Waals surface area contributed by atoms with Crippen LogP contribution in [0.3, 0.4) is 0 Å². The van der Waals surface area contributed by atoms with E-state index < -0.39 is 0 Å². The van der Waals surface area contributed by atoms with Gasteiger partial charge in [0.05, 0.1) is 24.4 Å². The third-order valence-corrected chi connectivity index (χ3v) is 3.12. The summed E-state index contributed by atoms with van der Waals surface area (Å²) in [6.07, 6.45) is 1.60. The Labute approximate surface area is 124 Å². The Bertz CT molecular complexity index is 759. The highest BCUT2D eigenvalue weighted by molar-refractivity contribution is 5.84. The van der Waals surface area contributed by atoms with E-state index in [9.17, 15) is 0 Å². The largest absolute Gasteiger partial charge is 0.489 e. The lowest BCUT2D eigenvalue weighted by Crippen LogP contribution is -2.07. The summed E-state index contributed by atoms with van der Waals surface area (Å²) in [6.45, 7) is 1.44. The number of aromatic amines is 1. The van der Waals surface area contributed by atoms with Crippen LogP contribution in [-0.4, -0.2) is 23.4 Å². The predicted octanol–water partition coefficient (Wildman–Crippen LogP) is 2.74. The van der Waals surface area contributed by atoms with Gasteiger partial charge in [0.25, 0.3) is 0 Å². The fourth-order valence-electron chi connectivity index (χ4n) is 2.05. The number of nitrogens with zero attached hydrogens (tertiary/aromatic N) is 1. The average molecular weight is 284 g/mol. The molecule has 0 spiro atoms. The highest BCUT2D eigenvalue weighted by atomic mass is 16.5. The maximum Gasteiger partial charge on any atom is 0.189 e. The molecular weight excluding hydrogens is 266 g/mol. The van der Waals surface area contributed by atoms with E-state index in [0.29, 0.717) is 36.8 Å². The van der Waals surface area contributed by atoms with Crippen molar-refractivity contribution in [2.75, 3.05) is 18.9 Å². The van der Waals surface area contributed by atoms with Crippen LogP contribution in [0.4, 0.5) is 5.69 Å². The maximum absolute atomic E-state index is 7.44. The molecule has 1 aromatic heterocycles. The fraction of sp³-hybridized carbons (Fsp3) is 0.188. The van der Waals surface area contributed by atoms with Gasteiger partial charge in [-0.3, -0.25) is 5.09 Å². The SMILES string of the molecule is [2H]n1cc2cc(N)c(OCCOCc3ccccc3)cc2n1. The number of anilines is 1. The Morgan fingerprint density at radius 3 is 2.90 bits per heavy atom. The lowest BCUT2D eigenvalue weighted by molar-refractivity contribution is 0.0892. The number of nitrogen functional groups attached to an aromatic ring is 1. The molecule has 5 nitrogen and oxygen atoms in total. The number of aromatic nitrogens is 2. The number of hydrogen-bond donors (Lipinski definition) is 2. The van der Waals surface area contributed by atoms with Gasteiger partial charge in [-0.2, -0.15) is 5.10 Å². The number of hydrogen-bond acceptors (Lipinski definition) is 4. The van der Waals surface area contributed by atoms with E-state index in [0.717, 1.165) is 16.0 Å². The zero-order valence-corrected chi connectivity index (χ0v) is 11.5. The Balaban J connectivity index is 1.52. The molecule has 5 heteroatoms. The van der Waals surface area contributed by atoms with Gasteiger partial charge in [0.2, 0.25) is 0 Å². The smallest absolute Gasteiger partial charge is 0.189 e. The van der Waals surface area contributed by atoms with Crippen molar-refractivity contribution >= 4 is 16.6 Å². The van der Waals surface area contributed by atoms with Gasteiger partial charge in [0.15, 0.2) is 1.41 Å². The molecule has 0 saturated heterocycles. The third kappa shape index (κ3) is 3.32. The Morgan fingerprint density at radius 1 is 1.19 bits per heavy atom. The monoisotopic (exact) mass is 284 g/mol. The molecule has 3 N–H and O–H groups in total. The van der Waals surface area contributed by atoms with Crippen molar-refractivity contribution in [1.82, 2.24) is 10.2 Å². The molecule has 21 heavy (non-hydrogen) atoms. The summed E-state index contributed by atoms with van der Waals surface area (Å²) in [4.78, 5) is 0. The van der Waals surface area contributed by atoms with Gasteiger partial charge in [-0.25, -0.2) is 0 Å². The number of ether oxygens (including phenoxy) is 2. The van der Waals surface area contributed by atoms with Crippen LogP contribution in [0.5, 0.6) is 5.75 Å². The molecule has 0 saturated carbocycles. The van der Waals surface area contributed by atoms with Gasteiger partial charge in [-0.05, 0) is 11.6 Å². The highest BCUT2D eigenvalue weighted by Gasteiger charge is 2.05. The van der Waals surface area contributed by atoms with Crippen molar-refractivity contribution in [3.8, 4) is 5.75 Å². The topological polar surface area (TPSA) is 73.2 Å². The first-order valence-corrected chi connectivity index (χ1v) is 6.75. The molecule has 2 aromatic carbocycles. The van der Waals surface area contributed by atoms with Gasteiger partial charge in [0.1, 0.15) is 12.4 Å². The van der Waals surface area contributed by atoms with Crippen LogP contribution in [0.25, 0.3) is 10.9 Å². The van der Waals surface area contributed by atoms with Crippen molar-refractivity contribution in [1.29, 1.82) is 0 Å². The Kier molecular flexibility index (Phi) is 3.66. The van der Waals surface area contributed by atoms with Crippen LogP contribution in [0.15, 0.2) is 48.7 Å². The van der Waals surface area contributed by atoms with Crippen LogP contribution >= 0.6 is 0 Å². The minimum absolute atomic E-state index is 0.407. The summed E-state index contributed by atoms with van der Waals surface area (Å²) in [5.74, 6) is 0.564. The molecule has 0 aliphatic carbocycles. The quantitative estimate of drug-likeness (QED) is 0.539. The van der Waals surface area contributed by atoms with Gasteiger partial charge in [-0.1, -0.05) is 30.3 Å². The van der Waals surface area contributed by atoms with E-state index in [1.54, 1.807) is 18.3 Å². The maximum atomic E-state index is 7.44. The van der Waals surface area contributed by atoms with Gasteiger partial charge in [-0.15, -0.1) is 0 Å². The zero-order chi connectivity index (χ0) is 15.4. The Hall–Kier alpha value is -2.53. The van der Waals surface area contributed by atoms with Gasteiger partial charge >= 0.3 is 0 Å². The third-order valence-electron chi connectivity index (χ3n) is 3.12. The first kappa shape index (κ1) is 12.2.